The molecule has 3 N–H and O–H groups in total. The molecule has 1 aromatic carbocycles. The van der Waals surface area contributed by atoms with Gasteiger partial charge in [-0.05, 0) is 37.2 Å². The molecule has 3 rings (SSSR count). The molecule has 27 heavy (non-hydrogen) atoms. The first-order chi connectivity index (χ1) is 13.1. The minimum atomic E-state index is -0.167. The number of aliphatic hydroxyl groups excluding tert-OH is 1. The molecular formula is C20H32N4O3. The maximum Gasteiger partial charge on any atom is 0.229 e. The molecule has 2 fully saturated rings. The Bertz CT molecular complexity index is 641. The van der Waals surface area contributed by atoms with E-state index in [4.69, 9.17) is 4.74 Å². The summed E-state index contributed by atoms with van der Waals surface area (Å²) in [5.74, 6) is 1.25. The fraction of sp³-hybridized carbons (Fsp3) is 0.650. The summed E-state index contributed by atoms with van der Waals surface area (Å²) in [6, 6.07) is 7.77. The highest BCUT2D eigenvalue weighted by molar-refractivity contribution is 5.80. The maximum absolute atomic E-state index is 13.3. The van der Waals surface area contributed by atoms with E-state index in [9.17, 15) is 9.90 Å². The first-order valence-corrected chi connectivity index (χ1v) is 9.77. The van der Waals surface area contributed by atoms with E-state index in [1.165, 1.54) is 0 Å². The second-order valence-corrected chi connectivity index (χ2v) is 7.69. The van der Waals surface area contributed by atoms with Gasteiger partial charge in [0, 0.05) is 38.7 Å². The van der Waals surface area contributed by atoms with Crippen LogP contribution in [0.15, 0.2) is 24.3 Å². The highest BCUT2D eigenvalue weighted by atomic mass is 16.5. The molecule has 2 saturated heterocycles. The number of aliphatic hydroxyl groups is 1. The Hall–Kier alpha value is -1.67. The van der Waals surface area contributed by atoms with Gasteiger partial charge in [0.05, 0.1) is 19.1 Å². The Balaban J connectivity index is 1.70. The Morgan fingerprint density at radius 2 is 2.15 bits per heavy atom. The van der Waals surface area contributed by atoms with Gasteiger partial charge in [-0.3, -0.25) is 10.2 Å². The van der Waals surface area contributed by atoms with Gasteiger partial charge in [0.15, 0.2) is 0 Å². The van der Waals surface area contributed by atoms with Gasteiger partial charge in [-0.25, -0.2) is 5.43 Å². The summed E-state index contributed by atoms with van der Waals surface area (Å²) in [6.45, 7) is 6.09. The average Bonchev–Trinajstić information content (AvgIpc) is 3.34. The van der Waals surface area contributed by atoms with Crippen LogP contribution in [0.25, 0.3) is 0 Å². The molecule has 7 heteroatoms. The molecule has 7 nitrogen and oxygen atoms in total. The zero-order valence-electron chi connectivity index (χ0n) is 16.5. The normalized spacial score (nSPS) is 28.1. The summed E-state index contributed by atoms with van der Waals surface area (Å²) in [4.78, 5) is 17.5. The fourth-order valence-corrected chi connectivity index (χ4v) is 4.17. The number of hydrogen-bond donors (Lipinski definition) is 3. The van der Waals surface area contributed by atoms with Crippen molar-refractivity contribution in [1.29, 1.82) is 0 Å². The number of carbonyl (C=O) groups excluding carboxylic acids is 1. The third-order valence-electron chi connectivity index (χ3n) is 5.96. The Morgan fingerprint density at radius 1 is 1.37 bits per heavy atom. The zero-order valence-corrected chi connectivity index (χ0v) is 16.5. The second kappa shape index (κ2) is 9.01. The molecule has 2 aliphatic heterocycles. The molecule has 0 radical (unpaired) electrons. The fourth-order valence-electron chi connectivity index (χ4n) is 4.17. The van der Waals surface area contributed by atoms with E-state index >= 15 is 0 Å². The largest absolute Gasteiger partial charge is 0.497 e. The number of methoxy groups -OCH3 is 1. The number of carbonyl (C=O) groups is 1. The van der Waals surface area contributed by atoms with Gasteiger partial charge in [0.25, 0.3) is 0 Å². The molecule has 0 saturated carbocycles. The molecule has 0 aliphatic carbocycles. The lowest BCUT2D eigenvalue weighted by Crippen LogP contribution is -2.38. The highest BCUT2D eigenvalue weighted by Gasteiger charge is 2.41. The van der Waals surface area contributed by atoms with Crippen LogP contribution in [0.2, 0.25) is 0 Å². The van der Waals surface area contributed by atoms with Gasteiger partial charge in [0.2, 0.25) is 5.91 Å². The summed E-state index contributed by atoms with van der Waals surface area (Å²) >= 11 is 0. The predicted octanol–water partition coefficient (Wildman–Crippen LogP) is 0.479. The number of likely N-dealkylation sites (tertiary alicyclic amines) is 1. The molecular weight excluding hydrogens is 344 g/mol. The lowest BCUT2D eigenvalue weighted by Gasteiger charge is -2.25. The predicted molar refractivity (Wildman–Crippen MR) is 104 cm³/mol. The van der Waals surface area contributed by atoms with Gasteiger partial charge in [0.1, 0.15) is 5.75 Å². The van der Waals surface area contributed by atoms with Crippen molar-refractivity contribution in [3.8, 4) is 5.75 Å². The van der Waals surface area contributed by atoms with Crippen molar-refractivity contribution in [3.63, 3.8) is 0 Å². The smallest absolute Gasteiger partial charge is 0.229 e. The molecule has 0 bridgehead atoms. The van der Waals surface area contributed by atoms with Crippen LogP contribution in [-0.4, -0.2) is 74.3 Å². The molecule has 0 aromatic heterocycles. The Labute approximate surface area is 161 Å². The Morgan fingerprint density at radius 3 is 2.85 bits per heavy atom. The standard InChI is InChI=1S/C20H32N4O3/c1-4-23(2)10-15-11-24(12-16(15)13-25)20(26)18-9-21-22-19(18)14-6-5-7-17(8-14)27-3/h5-8,15-16,18-19,21-22,25H,4,9-13H2,1-3H3/t15-,16-,18?,19?/m1/s1. The van der Waals surface area contributed by atoms with Crippen molar-refractivity contribution >= 4 is 5.91 Å². The average molecular weight is 377 g/mol. The van der Waals surface area contributed by atoms with Crippen molar-refractivity contribution in [2.24, 2.45) is 17.8 Å². The highest BCUT2D eigenvalue weighted by Crippen LogP contribution is 2.32. The van der Waals surface area contributed by atoms with E-state index < -0.39 is 0 Å². The monoisotopic (exact) mass is 376 g/mol. The topological polar surface area (TPSA) is 77.1 Å². The van der Waals surface area contributed by atoms with Crippen molar-refractivity contribution in [2.75, 3.05) is 53.5 Å². The first-order valence-electron chi connectivity index (χ1n) is 9.77. The summed E-state index contributed by atoms with van der Waals surface area (Å²) in [5.41, 5.74) is 7.43. The van der Waals surface area contributed by atoms with Gasteiger partial charge in [-0.1, -0.05) is 19.1 Å². The van der Waals surface area contributed by atoms with E-state index in [1.54, 1.807) is 7.11 Å². The summed E-state index contributed by atoms with van der Waals surface area (Å²) in [7, 11) is 3.73. The molecule has 150 valence electrons. The number of nitrogens with one attached hydrogen (secondary N) is 2. The number of hydrazine groups is 1. The summed E-state index contributed by atoms with van der Waals surface area (Å²) in [5, 5.41) is 9.78. The zero-order chi connectivity index (χ0) is 19.4. The minimum absolute atomic E-state index is 0.0856. The minimum Gasteiger partial charge on any atom is -0.497 e. The van der Waals surface area contributed by atoms with Crippen LogP contribution in [0.4, 0.5) is 0 Å². The molecule has 1 amide bonds. The van der Waals surface area contributed by atoms with Gasteiger partial charge >= 0.3 is 0 Å². The van der Waals surface area contributed by atoms with E-state index in [1.807, 2.05) is 29.2 Å². The van der Waals surface area contributed by atoms with Gasteiger partial charge in [-0.2, -0.15) is 0 Å². The van der Waals surface area contributed by atoms with Crippen molar-refractivity contribution in [2.45, 2.75) is 13.0 Å². The SMILES string of the molecule is CCN(C)C[C@@H]1CN(C(=O)C2CNNC2c2cccc(OC)c2)C[C@@H]1CO. The van der Waals surface area contributed by atoms with E-state index in [2.05, 4.69) is 29.7 Å². The quantitative estimate of drug-likeness (QED) is 0.643. The molecule has 2 heterocycles. The van der Waals surface area contributed by atoms with E-state index in [0.717, 1.165) is 30.9 Å². The summed E-state index contributed by atoms with van der Waals surface area (Å²) in [6.07, 6.45) is 0. The van der Waals surface area contributed by atoms with Crippen LogP contribution in [0, 0.1) is 17.8 Å². The van der Waals surface area contributed by atoms with Crippen LogP contribution in [0.5, 0.6) is 5.75 Å². The summed E-state index contributed by atoms with van der Waals surface area (Å²) < 4.78 is 5.32. The van der Waals surface area contributed by atoms with Crippen LogP contribution < -0.4 is 15.6 Å². The molecule has 2 aliphatic rings. The Kier molecular flexibility index (Phi) is 6.70. The number of rotatable bonds is 7. The number of benzene rings is 1. The molecule has 2 unspecified atom stereocenters. The van der Waals surface area contributed by atoms with Crippen LogP contribution in [0.1, 0.15) is 18.5 Å². The van der Waals surface area contributed by atoms with Crippen LogP contribution in [-0.2, 0) is 4.79 Å². The number of ether oxygens (including phenoxy) is 1. The number of nitrogens with zero attached hydrogens (tertiary/aromatic N) is 2. The van der Waals surface area contributed by atoms with E-state index in [0.29, 0.717) is 19.0 Å². The molecule has 0 spiro atoms. The second-order valence-electron chi connectivity index (χ2n) is 7.69. The lowest BCUT2D eigenvalue weighted by atomic mass is 9.93. The van der Waals surface area contributed by atoms with Crippen molar-refractivity contribution < 1.29 is 14.6 Å². The third-order valence-corrected chi connectivity index (χ3v) is 5.96. The number of hydrogen-bond acceptors (Lipinski definition) is 6. The number of amides is 1. The first kappa shape index (κ1) is 20.1. The molecule has 1 aromatic rings. The van der Waals surface area contributed by atoms with Gasteiger partial charge in [-0.15, -0.1) is 0 Å². The van der Waals surface area contributed by atoms with Crippen molar-refractivity contribution in [1.82, 2.24) is 20.7 Å². The van der Waals surface area contributed by atoms with Crippen molar-refractivity contribution in [3.05, 3.63) is 29.8 Å². The third kappa shape index (κ3) is 4.43. The van der Waals surface area contributed by atoms with Crippen LogP contribution in [0.3, 0.4) is 0 Å². The van der Waals surface area contributed by atoms with Crippen LogP contribution >= 0.6 is 0 Å². The molecule has 4 atom stereocenters. The maximum atomic E-state index is 13.3. The lowest BCUT2D eigenvalue weighted by molar-refractivity contribution is -0.134. The van der Waals surface area contributed by atoms with E-state index in [-0.39, 0.29) is 30.4 Å². The van der Waals surface area contributed by atoms with Gasteiger partial charge < -0.3 is 19.6 Å².